The molecule has 1 heterocycles. The summed E-state index contributed by atoms with van der Waals surface area (Å²) >= 11 is 1.22. The summed E-state index contributed by atoms with van der Waals surface area (Å²) in [5, 5.41) is 1.71. The predicted octanol–water partition coefficient (Wildman–Crippen LogP) is 4.29. The number of aryl methyl sites for hydroxylation is 1. The molecular formula is C10H7F3S. The molecule has 0 spiro atoms. The lowest BCUT2D eigenvalue weighted by Crippen LogP contribution is -1.84. The number of alkyl halides is 2. The molecule has 1 aromatic heterocycles. The summed E-state index contributed by atoms with van der Waals surface area (Å²) in [4.78, 5) is 0. The molecule has 0 aliphatic heterocycles. The van der Waals surface area contributed by atoms with Gasteiger partial charge < -0.3 is 0 Å². The van der Waals surface area contributed by atoms with Crippen molar-refractivity contribution in [3.8, 4) is 0 Å². The first kappa shape index (κ1) is 9.52. The monoisotopic (exact) mass is 216 g/mol. The highest BCUT2D eigenvalue weighted by molar-refractivity contribution is 7.17. The summed E-state index contributed by atoms with van der Waals surface area (Å²) in [7, 11) is 0. The Kier molecular flexibility index (Phi) is 2.23. The van der Waals surface area contributed by atoms with Gasteiger partial charge in [-0.15, -0.1) is 11.3 Å². The van der Waals surface area contributed by atoms with Gasteiger partial charge >= 0.3 is 0 Å². The minimum absolute atomic E-state index is 0.0797. The number of rotatable bonds is 1. The second kappa shape index (κ2) is 3.28. The molecule has 0 unspecified atom stereocenters. The van der Waals surface area contributed by atoms with Crippen molar-refractivity contribution in [1.82, 2.24) is 0 Å². The first-order valence-electron chi connectivity index (χ1n) is 4.05. The van der Waals surface area contributed by atoms with E-state index in [-0.39, 0.29) is 5.56 Å². The van der Waals surface area contributed by atoms with Crippen LogP contribution in [0.3, 0.4) is 0 Å². The van der Waals surface area contributed by atoms with Gasteiger partial charge in [-0.25, -0.2) is 13.2 Å². The van der Waals surface area contributed by atoms with E-state index in [1.54, 1.807) is 13.0 Å². The Bertz CT molecular complexity index is 473. The first-order valence-corrected chi connectivity index (χ1v) is 4.93. The van der Waals surface area contributed by atoms with E-state index >= 15 is 0 Å². The molecule has 74 valence electrons. The van der Waals surface area contributed by atoms with Gasteiger partial charge in [0.2, 0.25) is 0 Å². The Balaban J connectivity index is 2.74. The third-order valence-electron chi connectivity index (χ3n) is 2.12. The zero-order valence-electron chi connectivity index (χ0n) is 7.35. The average molecular weight is 216 g/mol. The van der Waals surface area contributed by atoms with Gasteiger partial charge in [0.15, 0.2) is 0 Å². The van der Waals surface area contributed by atoms with Crippen molar-refractivity contribution in [3.63, 3.8) is 0 Å². The Labute approximate surface area is 83.0 Å². The first-order chi connectivity index (χ1) is 6.59. The van der Waals surface area contributed by atoms with Gasteiger partial charge in [-0.2, -0.15) is 0 Å². The normalized spacial score (nSPS) is 11.5. The van der Waals surface area contributed by atoms with Crippen LogP contribution in [0.15, 0.2) is 17.5 Å². The van der Waals surface area contributed by atoms with Gasteiger partial charge in [-0.05, 0) is 24.6 Å². The fourth-order valence-corrected chi connectivity index (χ4v) is 2.37. The van der Waals surface area contributed by atoms with Crippen LogP contribution in [0.4, 0.5) is 13.2 Å². The average Bonchev–Trinajstić information content (AvgIpc) is 2.48. The van der Waals surface area contributed by atoms with Crippen molar-refractivity contribution >= 4 is 21.4 Å². The lowest BCUT2D eigenvalue weighted by Gasteiger charge is -1.99. The van der Waals surface area contributed by atoms with Gasteiger partial charge in [0.05, 0.1) is 0 Å². The van der Waals surface area contributed by atoms with Gasteiger partial charge in [-0.1, -0.05) is 0 Å². The summed E-state index contributed by atoms with van der Waals surface area (Å²) in [6.07, 6.45) is -2.54. The molecule has 14 heavy (non-hydrogen) atoms. The quantitative estimate of drug-likeness (QED) is 0.667. The number of halogens is 3. The third kappa shape index (κ3) is 1.39. The lowest BCUT2D eigenvalue weighted by molar-refractivity contribution is 0.153. The molecule has 0 aliphatic rings. The van der Waals surface area contributed by atoms with E-state index in [1.807, 2.05) is 0 Å². The second-order valence-electron chi connectivity index (χ2n) is 3.09. The largest absolute Gasteiger partial charge is 0.265 e. The topological polar surface area (TPSA) is 0 Å². The number of thiophene rings is 1. The number of hydrogen-bond acceptors (Lipinski definition) is 1. The summed E-state index contributed by atoms with van der Waals surface area (Å²) < 4.78 is 38.7. The van der Waals surface area contributed by atoms with Crippen LogP contribution in [0.1, 0.15) is 17.6 Å². The van der Waals surface area contributed by atoms with Crippen LogP contribution >= 0.6 is 11.3 Å². The molecule has 4 heteroatoms. The molecule has 2 rings (SSSR count). The van der Waals surface area contributed by atoms with Crippen LogP contribution in [0.5, 0.6) is 0 Å². The van der Waals surface area contributed by atoms with Gasteiger partial charge in [0, 0.05) is 21.0 Å². The molecule has 0 saturated carbocycles. The van der Waals surface area contributed by atoms with Crippen molar-refractivity contribution in [2.24, 2.45) is 0 Å². The van der Waals surface area contributed by atoms with E-state index in [9.17, 15) is 13.2 Å². The molecule has 1 aromatic carbocycles. The van der Waals surface area contributed by atoms with E-state index in [1.165, 1.54) is 22.8 Å². The maximum Gasteiger partial charge on any atom is 0.265 e. The van der Waals surface area contributed by atoms with Gasteiger partial charge in [0.25, 0.3) is 6.43 Å². The highest BCUT2D eigenvalue weighted by Crippen LogP contribution is 2.34. The van der Waals surface area contributed by atoms with Crippen LogP contribution in [0.25, 0.3) is 10.1 Å². The van der Waals surface area contributed by atoms with Crippen molar-refractivity contribution in [2.45, 2.75) is 13.3 Å². The number of benzene rings is 1. The molecule has 0 aliphatic carbocycles. The molecule has 2 aromatic rings. The van der Waals surface area contributed by atoms with Gasteiger partial charge in [-0.3, -0.25) is 0 Å². The van der Waals surface area contributed by atoms with Crippen molar-refractivity contribution in [2.75, 3.05) is 0 Å². The number of fused-ring (bicyclic) bond motifs is 1. The maximum absolute atomic E-state index is 13.1. The van der Waals surface area contributed by atoms with E-state index in [0.717, 1.165) is 0 Å². The standard InChI is InChI=1S/C10H7F3S/c1-5-2-9-6(3-8(5)11)7(4-14-9)10(12)13/h2-4,10H,1H3. The molecule has 0 amide bonds. The predicted molar refractivity (Wildman–Crippen MR) is 51.5 cm³/mol. The fourth-order valence-electron chi connectivity index (χ4n) is 1.34. The van der Waals surface area contributed by atoms with Crippen LogP contribution in [0.2, 0.25) is 0 Å². The number of hydrogen-bond donors (Lipinski definition) is 0. The summed E-state index contributed by atoms with van der Waals surface area (Å²) in [6.45, 7) is 1.62. The van der Waals surface area contributed by atoms with Crippen LogP contribution in [-0.2, 0) is 0 Å². The Morgan fingerprint density at radius 2 is 2.00 bits per heavy atom. The lowest BCUT2D eigenvalue weighted by atomic mass is 10.1. The van der Waals surface area contributed by atoms with E-state index in [2.05, 4.69) is 0 Å². The zero-order chi connectivity index (χ0) is 10.3. The molecule has 0 atom stereocenters. The molecule has 0 N–H and O–H groups in total. The van der Waals surface area contributed by atoms with Crippen molar-refractivity contribution in [1.29, 1.82) is 0 Å². The van der Waals surface area contributed by atoms with E-state index < -0.39 is 12.2 Å². The third-order valence-corrected chi connectivity index (χ3v) is 3.08. The molecule has 0 nitrogen and oxygen atoms in total. The summed E-state index contributed by atoms with van der Waals surface area (Å²) in [6, 6.07) is 2.78. The second-order valence-corrected chi connectivity index (χ2v) is 4.00. The van der Waals surface area contributed by atoms with Gasteiger partial charge in [0.1, 0.15) is 5.82 Å². The molecule has 0 bridgehead atoms. The van der Waals surface area contributed by atoms with Crippen molar-refractivity contribution < 1.29 is 13.2 Å². The van der Waals surface area contributed by atoms with E-state index in [0.29, 0.717) is 15.6 Å². The molecular weight excluding hydrogens is 209 g/mol. The Morgan fingerprint density at radius 1 is 1.29 bits per heavy atom. The SMILES string of the molecule is Cc1cc2scc(C(F)F)c2cc1F. The smallest absolute Gasteiger partial charge is 0.207 e. The molecule has 0 fully saturated rings. The van der Waals surface area contributed by atoms with E-state index in [4.69, 9.17) is 0 Å². The van der Waals surface area contributed by atoms with Crippen LogP contribution in [0, 0.1) is 12.7 Å². The van der Waals surface area contributed by atoms with Crippen LogP contribution in [-0.4, -0.2) is 0 Å². The molecule has 0 saturated heterocycles. The summed E-state index contributed by atoms with van der Waals surface area (Å²) in [5.41, 5.74) is 0.407. The highest BCUT2D eigenvalue weighted by Gasteiger charge is 2.14. The minimum Gasteiger partial charge on any atom is -0.207 e. The van der Waals surface area contributed by atoms with Crippen molar-refractivity contribution in [3.05, 3.63) is 34.5 Å². The molecule has 0 radical (unpaired) electrons. The Morgan fingerprint density at radius 3 is 2.64 bits per heavy atom. The van der Waals surface area contributed by atoms with Crippen LogP contribution < -0.4 is 0 Å². The highest BCUT2D eigenvalue weighted by atomic mass is 32.1. The fraction of sp³-hybridized carbons (Fsp3) is 0.200. The maximum atomic E-state index is 13.1. The minimum atomic E-state index is -2.54. The zero-order valence-corrected chi connectivity index (χ0v) is 8.17. The summed E-state index contributed by atoms with van der Waals surface area (Å²) in [5.74, 6) is -0.433. The Hall–Kier alpha value is -1.03.